The molecule has 17 heteroatoms. The highest BCUT2D eigenvalue weighted by molar-refractivity contribution is 5.95. The third-order valence-corrected chi connectivity index (χ3v) is 5.98. The first-order valence-corrected chi connectivity index (χ1v) is 13.4. The van der Waals surface area contributed by atoms with Crippen molar-refractivity contribution in [2.75, 3.05) is 13.1 Å². The predicted molar refractivity (Wildman–Crippen MR) is 148 cm³/mol. The fourth-order valence-electron chi connectivity index (χ4n) is 3.81. The number of amides is 6. The minimum absolute atomic E-state index is 0.0100. The molecule has 0 aliphatic rings. The van der Waals surface area contributed by atoms with E-state index in [1.807, 2.05) is 0 Å². The van der Waals surface area contributed by atoms with E-state index in [1.165, 1.54) is 19.4 Å². The fourth-order valence-corrected chi connectivity index (χ4v) is 3.81. The van der Waals surface area contributed by atoms with Gasteiger partial charge in [-0.3, -0.25) is 33.6 Å². The SMILES string of the molecule is CC(=O)N[C@@H](CCCCN)C(=O)N[C@@H](Cc1cnc[nH]1)C(=O)NCC(=O)N[C@H](C(=O)N[C@@H](CC(=O)O)C(N)=O)C(C)C. The number of nitrogens with two attached hydrogens (primary N) is 2. The Morgan fingerprint density at radius 1 is 0.929 bits per heavy atom. The molecule has 0 saturated heterocycles. The Hall–Kier alpha value is -4.54. The molecule has 0 spiro atoms. The molecule has 0 radical (unpaired) electrons. The van der Waals surface area contributed by atoms with Crippen LogP contribution in [0.1, 0.15) is 52.1 Å². The lowest BCUT2D eigenvalue weighted by atomic mass is 10.0. The maximum atomic E-state index is 13.1. The molecule has 1 aromatic rings. The number of carbonyl (C=O) groups excluding carboxylic acids is 6. The summed E-state index contributed by atoms with van der Waals surface area (Å²) in [5.74, 6) is -6.26. The van der Waals surface area contributed by atoms with Crippen molar-refractivity contribution in [1.82, 2.24) is 36.6 Å². The summed E-state index contributed by atoms with van der Waals surface area (Å²) in [6.07, 6.45) is 3.59. The number of aliphatic carboxylic acids is 1. The van der Waals surface area contributed by atoms with Gasteiger partial charge in [-0.15, -0.1) is 0 Å². The van der Waals surface area contributed by atoms with Crippen LogP contribution in [0.15, 0.2) is 12.5 Å². The molecule has 1 heterocycles. The molecule has 0 unspecified atom stereocenters. The first-order chi connectivity index (χ1) is 19.7. The third kappa shape index (κ3) is 13.2. The molecule has 0 aromatic carbocycles. The zero-order valence-corrected chi connectivity index (χ0v) is 23.9. The van der Waals surface area contributed by atoms with Crippen LogP contribution in [0.5, 0.6) is 0 Å². The average Bonchev–Trinajstić information content (AvgIpc) is 3.41. The number of hydrogen-bond donors (Lipinski definition) is 9. The van der Waals surface area contributed by atoms with Crippen LogP contribution in [0, 0.1) is 5.92 Å². The maximum Gasteiger partial charge on any atom is 0.305 e. The Kier molecular flexibility index (Phi) is 15.2. The molecule has 234 valence electrons. The lowest BCUT2D eigenvalue weighted by molar-refractivity contribution is -0.140. The molecule has 0 bridgehead atoms. The van der Waals surface area contributed by atoms with Crippen molar-refractivity contribution >= 4 is 41.4 Å². The molecular weight excluding hydrogens is 554 g/mol. The lowest BCUT2D eigenvalue weighted by Crippen LogP contribution is -2.57. The monoisotopic (exact) mass is 595 g/mol. The molecule has 6 amide bonds. The molecule has 0 aliphatic heterocycles. The topological polar surface area (TPSA) is 281 Å². The van der Waals surface area contributed by atoms with Crippen LogP contribution in [0.3, 0.4) is 0 Å². The van der Waals surface area contributed by atoms with E-state index in [9.17, 15) is 33.6 Å². The highest BCUT2D eigenvalue weighted by Crippen LogP contribution is 2.06. The van der Waals surface area contributed by atoms with E-state index in [0.29, 0.717) is 31.5 Å². The van der Waals surface area contributed by atoms with Crippen LogP contribution >= 0.6 is 0 Å². The Morgan fingerprint density at radius 3 is 2.12 bits per heavy atom. The summed E-state index contributed by atoms with van der Waals surface area (Å²) in [5.41, 5.74) is 11.2. The van der Waals surface area contributed by atoms with Gasteiger partial charge in [-0.25, -0.2) is 4.98 Å². The molecule has 17 nitrogen and oxygen atoms in total. The number of rotatable bonds is 19. The number of carbonyl (C=O) groups is 7. The number of hydrogen-bond acceptors (Lipinski definition) is 9. The van der Waals surface area contributed by atoms with Crippen LogP contribution in [0.4, 0.5) is 0 Å². The van der Waals surface area contributed by atoms with Gasteiger partial charge in [0.2, 0.25) is 35.4 Å². The van der Waals surface area contributed by atoms with Crippen LogP contribution in [-0.2, 0) is 40.0 Å². The second-order valence-electron chi connectivity index (χ2n) is 9.95. The second-order valence-corrected chi connectivity index (χ2v) is 9.95. The summed E-state index contributed by atoms with van der Waals surface area (Å²) in [6.45, 7) is 4.31. The van der Waals surface area contributed by atoms with E-state index in [4.69, 9.17) is 16.6 Å². The van der Waals surface area contributed by atoms with Gasteiger partial charge in [0.15, 0.2) is 0 Å². The standard InChI is InChI=1S/C25H41N9O8/c1-13(2)21(25(42)32-17(22(27)39)9-20(37)38)34-19(36)11-29-23(40)18(8-15-10-28-12-30-15)33-24(41)16(31-14(3)35)6-4-5-7-26/h10,12-13,16-18,21H,4-9,11,26H2,1-3H3,(H2,27,39)(H,28,30)(H,29,40)(H,31,35)(H,32,42)(H,33,41)(H,34,36)(H,37,38)/t16-,17-,18-,21-/m0/s1. The molecule has 0 fully saturated rings. The fraction of sp³-hybridized carbons (Fsp3) is 0.600. The molecule has 11 N–H and O–H groups in total. The number of H-pyrrole nitrogens is 1. The highest BCUT2D eigenvalue weighted by atomic mass is 16.4. The number of unbranched alkanes of at least 4 members (excludes halogenated alkanes) is 1. The van der Waals surface area contributed by atoms with Crippen molar-refractivity contribution in [1.29, 1.82) is 0 Å². The number of primary amides is 1. The smallest absolute Gasteiger partial charge is 0.305 e. The first-order valence-electron chi connectivity index (χ1n) is 13.4. The van der Waals surface area contributed by atoms with Gasteiger partial charge in [0.05, 0.1) is 19.3 Å². The van der Waals surface area contributed by atoms with Gasteiger partial charge in [-0.05, 0) is 31.7 Å². The van der Waals surface area contributed by atoms with Crippen molar-refractivity contribution in [3.05, 3.63) is 18.2 Å². The lowest BCUT2D eigenvalue weighted by Gasteiger charge is -2.25. The quantitative estimate of drug-likeness (QED) is 0.0721. The summed E-state index contributed by atoms with van der Waals surface area (Å²) < 4.78 is 0. The van der Waals surface area contributed by atoms with E-state index in [-0.39, 0.29) is 6.42 Å². The van der Waals surface area contributed by atoms with Gasteiger partial charge in [0.25, 0.3) is 0 Å². The second kappa shape index (κ2) is 18.0. The maximum absolute atomic E-state index is 13.1. The van der Waals surface area contributed by atoms with Crippen molar-refractivity contribution in [2.45, 2.75) is 77.0 Å². The molecule has 0 saturated carbocycles. The van der Waals surface area contributed by atoms with Gasteiger partial charge < -0.3 is 48.1 Å². The Balaban J connectivity index is 2.91. The Morgan fingerprint density at radius 2 is 1.60 bits per heavy atom. The zero-order valence-electron chi connectivity index (χ0n) is 23.9. The molecule has 42 heavy (non-hydrogen) atoms. The van der Waals surface area contributed by atoms with Gasteiger partial charge in [-0.2, -0.15) is 0 Å². The van der Waals surface area contributed by atoms with Crippen LogP contribution < -0.4 is 38.1 Å². The summed E-state index contributed by atoms with van der Waals surface area (Å²) in [5, 5.41) is 21.2. The zero-order chi connectivity index (χ0) is 31.8. The molecule has 0 aliphatic carbocycles. The molecule has 1 aromatic heterocycles. The van der Waals surface area contributed by atoms with E-state index in [1.54, 1.807) is 13.8 Å². The van der Waals surface area contributed by atoms with Crippen molar-refractivity contribution in [3.8, 4) is 0 Å². The number of imidazole rings is 1. The van der Waals surface area contributed by atoms with Crippen molar-refractivity contribution in [3.63, 3.8) is 0 Å². The summed E-state index contributed by atoms with van der Waals surface area (Å²) in [4.78, 5) is 92.2. The molecule has 4 atom stereocenters. The first kappa shape index (κ1) is 35.5. The van der Waals surface area contributed by atoms with Gasteiger partial charge >= 0.3 is 5.97 Å². The Labute approximate surface area is 242 Å². The van der Waals surface area contributed by atoms with E-state index >= 15 is 0 Å². The minimum atomic E-state index is -1.49. The summed E-state index contributed by atoms with van der Waals surface area (Å²) >= 11 is 0. The van der Waals surface area contributed by atoms with Crippen LogP contribution in [0.25, 0.3) is 0 Å². The number of aromatic nitrogens is 2. The van der Waals surface area contributed by atoms with Crippen LogP contribution in [-0.4, -0.2) is 93.7 Å². The van der Waals surface area contributed by atoms with E-state index < -0.39 is 84.5 Å². The summed E-state index contributed by atoms with van der Waals surface area (Å²) in [7, 11) is 0. The minimum Gasteiger partial charge on any atom is -0.481 e. The van der Waals surface area contributed by atoms with Crippen LogP contribution in [0.2, 0.25) is 0 Å². The largest absolute Gasteiger partial charge is 0.481 e. The average molecular weight is 596 g/mol. The number of nitrogens with zero attached hydrogens (tertiary/aromatic N) is 1. The van der Waals surface area contributed by atoms with Gasteiger partial charge in [-0.1, -0.05) is 13.8 Å². The summed E-state index contributed by atoms with van der Waals surface area (Å²) in [6, 6.07) is -4.74. The van der Waals surface area contributed by atoms with Gasteiger partial charge in [0, 0.05) is 25.2 Å². The van der Waals surface area contributed by atoms with Gasteiger partial charge in [0.1, 0.15) is 24.2 Å². The molecular formula is C25H41N9O8. The highest BCUT2D eigenvalue weighted by Gasteiger charge is 2.30. The molecule has 1 rings (SSSR count). The third-order valence-electron chi connectivity index (χ3n) is 5.98. The van der Waals surface area contributed by atoms with Crippen molar-refractivity contribution < 1.29 is 38.7 Å². The normalized spacial score (nSPS) is 13.6. The van der Waals surface area contributed by atoms with E-state index in [2.05, 4.69) is 36.6 Å². The number of carboxylic acids is 1. The number of nitrogens with one attached hydrogen (secondary N) is 6. The number of aromatic amines is 1. The van der Waals surface area contributed by atoms with Crippen molar-refractivity contribution in [2.24, 2.45) is 17.4 Å². The van der Waals surface area contributed by atoms with E-state index in [0.717, 1.165) is 0 Å². The Bertz CT molecular complexity index is 1090. The number of carboxylic acid groups (broad SMARTS) is 1. The predicted octanol–water partition coefficient (Wildman–Crippen LogP) is -3.23.